The van der Waals surface area contributed by atoms with Gasteiger partial charge in [0.1, 0.15) is 0 Å². The number of nitrogens with zero attached hydrogens (tertiary/aromatic N) is 2. The lowest BCUT2D eigenvalue weighted by atomic mass is 10.3. The number of anilines is 1. The fraction of sp³-hybridized carbons (Fsp3) is 0.167. The lowest BCUT2D eigenvalue weighted by Gasteiger charge is -1.99. The minimum Gasteiger partial charge on any atom is -0.357 e. The number of aromatic nitrogens is 2. The molecule has 2 aromatic heterocycles. The van der Waals surface area contributed by atoms with Crippen molar-refractivity contribution in [1.82, 2.24) is 9.97 Å². The molecule has 92 valence electrons. The summed E-state index contributed by atoms with van der Waals surface area (Å²) in [6, 6.07) is 6.13. The third-order valence-corrected chi connectivity index (χ3v) is 5.00. The number of benzene rings is 1. The first-order valence-electron chi connectivity index (χ1n) is 5.41. The van der Waals surface area contributed by atoms with E-state index < -0.39 is 0 Å². The van der Waals surface area contributed by atoms with Crippen LogP contribution in [0.15, 0.2) is 28.2 Å². The molecule has 0 aliphatic rings. The molecule has 0 saturated heterocycles. The van der Waals surface area contributed by atoms with Gasteiger partial charge in [0.15, 0.2) is 5.13 Å². The summed E-state index contributed by atoms with van der Waals surface area (Å²) in [7, 11) is 0. The van der Waals surface area contributed by atoms with Gasteiger partial charge >= 0.3 is 0 Å². The summed E-state index contributed by atoms with van der Waals surface area (Å²) in [5.74, 6) is 0. The van der Waals surface area contributed by atoms with E-state index >= 15 is 0 Å². The van der Waals surface area contributed by atoms with E-state index in [0.29, 0.717) is 0 Å². The maximum Gasteiger partial charge on any atom is 0.184 e. The summed E-state index contributed by atoms with van der Waals surface area (Å²) in [4.78, 5) is 10.1. The van der Waals surface area contributed by atoms with E-state index in [0.717, 1.165) is 27.4 Å². The van der Waals surface area contributed by atoms with Gasteiger partial charge in [-0.25, -0.2) is 9.97 Å². The largest absolute Gasteiger partial charge is 0.357 e. The van der Waals surface area contributed by atoms with Crippen LogP contribution in [0, 0.1) is 6.92 Å². The second kappa shape index (κ2) is 4.95. The minimum atomic E-state index is 0.789. The summed E-state index contributed by atoms with van der Waals surface area (Å²) < 4.78 is 2.27. The smallest absolute Gasteiger partial charge is 0.184 e. The van der Waals surface area contributed by atoms with Crippen LogP contribution < -0.4 is 5.32 Å². The summed E-state index contributed by atoms with van der Waals surface area (Å²) in [5, 5.41) is 4.31. The van der Waals surface area contributed by atoms with Crippen LogP contribution in [0.1, 0.15) is 10.6 Å². The zero-order valence-electron chi connectivity index (χ0n) is 9.61. The van der Waals surface area contributed by atoms with E-state index in [2.05, 4.69) is 37.3 Å². The fourth-order valence-electron chi connectivity index (χ4n) is 1.63. The molecule has 3 rings (SSSR count). The van der Waals surface area contributed by atoms with Gasteiger partial charge in [0.25, 0.3) is 0 Å². The lowest BCUT2D eigenvalue weighted by molar-refractivity contribution is 1.12. The van der Waals surface area contributed by atoms with Crippen LogP contribution in [-0.2, 0) is 6.54 Å². The first-order valence-corrected chi connectivity index (χ1v) is 7.90. The van der Waals surface area contributed by atoms with Crippen LogP contribution in [0.3, 0.4) is 0 Å². The van der Waals surface area contributed by atoms with E-state index in [1.54, 1.807) is 22.7 Å². The molecule has 0 fully saturated rings. The zero-order valence-corrected chi connectivity index (χ0v) is 12.8. The highest BCUT2D eigenvalue weighted by Crippen LogP contribution is 2.29. The Kier molecular flexibility index (Phi) is 3.32. The molecule has 0 aliphatic carbocycles. The highest BCUT2D eigenvalue weighted by molar-refractivity contribution is 9.10. The van der Waals surface area contributed by atoms with Crippen molar-refractivity contribution in [2.24, 2.45) is 0 Å². The second-order valence-corrected chi connectivity index (χ2v) is 6.73. The second-order valence-electron chi connectivity index (χ2n) is 3.85. The van der Waals surface area contributed by atoms with Crippen molar-refractivity contribution >= 4 is 54.0 Å². The molecule has 0 bridgehead atoms. The van der Waals surface area contributed by atoms with Crippen molar-refractivity contribution in [2.75, 3.05) is 5.32 Å². The number of rotatable bonds is 3. The van der Waals surface area contributed by atoms with Gasteiger partial charge in [-0.1, -0.05) is 27.3 Å². The van der Waals surface area contributed by atoms with E-state index in [1.165, 1.54) is 9.58 Å². The fourth-order valence-corrected chi connectivity index (χ4v) is 3.76. The number of hydrogen-bond acceptors (Lipinski definition) is 5. The van der Waals surface area contributed by atoms with E-state index in [9.17, 15) is 0 Å². The Morgan fingerprint density at radius 1 is 1.39 bits per heavy atom. The molecule has 3 aromatic rings. The summed E-state index contributed by atoms with van der Waals surface area (Å²) in [6.07, 6.45) is 0. The van der Waals surface area contributed by atoms with Crippen LogP contribution in [0.2, 0.25) is 0 Å². The number of nitrogens with one attached hydrogen (secondary N) is 1. The maximum absolute atomic E-state index is 4.55. The predicted molar refractivity (Wildman–Crippen MR) is 81.5 cm³/mol. The van der Waals surface area contributed by atoms with E-state index in [4.69, 9.17) is 0 Å². The molecule has 0 aliphatic heterocycles. The molecule has 0 amide bonds. The van der Waals surface area contributed by atoms with Gasteiger partial charge in [-0.15, -0.1) is 11.3 Å². The first kappa shape index (κ1) is 12.1. The predicted octanol–water partition coefficient (Wildman–Crippen LogP) is 4.44. The minimum absolute atomic E-state index is 0.789. The normalized spacial score (nSPS) is 11.0. The Hall–Kier alpha value is -0.980. The van der Waals surface area contributed by atoms with Crippen molar-refractivity contribution in [2.45, 2.75) is 13.5 Å². The number of aryl methyl sites for hydroxylation is 1. The average molecular weight is 340 g/mol. The molecule has 3 nitrogen and oxygen atoms in total. The Labute approximate surface area is 121 Å². The van der Waals surface area contributed by atoms with Gasteiger partial charge in [0, 0.05) is 9.35 Å². The molecule has 0 saturated carbocycles. The monoisotopic (exact) mass is 339 g/mol. The third kappa shape index (κ3) is 2.41. The Morgan fingerprint density at radius 3 is 3.06 bits per heavy atom. The van der Waals surface area contributed by atoms with Crippen LogP contribution in [0.25, 0.3) is 10.2 Å². The Morgan fingerprint density at radius 2 is 2.28 bits per heavy atom. The van der Waals surface area contributed by atoms with Gasteiger partial charge in [0.05, 0.1) is 28.0 Å². The van der Waals surface area contributed by atoms with Crippen molar-refractivity contribution in [3.8, 4) is 0 Å². The molecule has 2 heterocycles. The van der Waals surface area contributed by atoms with Gasteiger partial charge < -0.3 is 5.32 Å². The average Bonchev–Trinajstić information content (AvgIpc) is 2.92. The van der Waals surface area contributed by atoms with Crippen LogP contribution in [0.5, 0.6) is 0 Å². The molecule has 0 unspecified atom stereocenters. The first-order chi connectivity index (χ1) is 8.72. The highest BCUT2D eigenvalue weighted by Gasteiger charge is 2.05. The lowest BCUT2D eigenvalue weighted by Crippen LogP contribution is -1.98. The standard InChI is InChI=1S/C12H10BrN3S2/c1-7-11(17-6-15-7)5-14-12-16-9-3-2-8(13)4-10(9)18-12/h2-4,6H,5H2,1H3,(H,14,16). The van der Waals surface area contributed by atoms with Gasteiger partial charge in [-0.05, 0) is 25.1 Å². The SMILES string of the molecule is Cc1ncsc1CNc1nc2ccc(Br)cc2s1. The third-order valence-electron chi connectivity index (χ3n) is 2.60. The molecule has 1 aromatic carbocycles. The number of halogens is 1. The van der Waals surface area contributed by atoms with Crippen molar-refractivity contribution in [3.63, 3.8) is 0 Å². The molecule has 1 N–H and O–H groups in total. The molecular formula is C12H10BrN3S2. The molecule has 0 spiro atoms. The van der Waals surface area contributed by atoms with Crippen molar-refractivity contribution in [3.05, 3.63) is 38.8 Å². The van der Waals surface area contributed by atoms with E-state index in [-0.39, 0.29) is 0 Å². The molecule has 0 atom stereocenters. The Bertz CT molecular complexity index is 690. The number of fused-ring (bicyclic) bond motifs is 1. The molecular weight excluding hydrogens is 330 g/mol. The summed E-state index contributed by atoms with van der Waals surface area (Å²) >= 11 is 6.82. The van der Waals surface area contributed by atoms with Crippen LogP contribution >= 0.6 is 38.6 Å². The summed E-state index contributed by atoms with van der Waals surface area (Å²) in [5.41, 5.74) is 4.00. The zero-order chi connectivity index (χ0) is 12.5. The van der Waals surface area contributed by atoms with Gasteiger partial charge in [-0.3, -0.25) is 0 Å². The molecule has 0 radical (unpaired) electrons. The number of thiazole rings is 2. The molecule has 18 heavy (non-hydrogen) atoms. The highest BCUT2D eigenvalue weighted by atomic mass is 79.9. The van der Waals surface area contributed by atoms with Crippen LogP contribution in [-0.4, -0.2) is 9.97 Å². The van der Waals surface area contributed by atoms with Crippen molar-refractivity contribution < 1.29 is 0 Å². The maximum atomic E-state index is 4.55. The van der Waals surface area contributed by atoms with Gasteiger partial charge in [0.2, 0.25) is 0 Å². The topological polar surface area (TPSA) is 37.8 Å². The van der Waals surface area contributed by atoms with Crippen molar-refractivity contribution in [1.29, 1.82) is 0 Å². The Balaban J connectivity index is 1.81. The van der Waals surface area contributed by atoms with Crippen LogP contribution in [0.4, 0.5) is 5.13 Å². The molecule has 6 heteroatoms. The van der Waals surface area contributed by atoms with E-state index in [1.807, 2.05) is 24.6 Å². The quantitative estimate of drug-likeness (QED) is 0.766. The van der Waals surface area contributed by atoms with Gasteiger partial charge in [-0.2, -0.15) is 0 Å². The number of hydrogen-bond donors (Lipinski definition) is 1. The summed E-state index contributed by atoms with van der Waals surface area (Å²) in [6.45, 7) is 2.82.